The quantitative estimate of drug-likeness (QED) is 0.658. The summed E-state index contributed by atoms with van der Waals surface area (Å²) in [7, 11) is 0. The van der Waals surface area contributed by atoms with E-state index in [-0.39, 0.29) is 29.6 Å². The number of nitro benzene ring substituents is 1. The molecule has 0 aromatic heterocycles. The van der Waals surface area contributed by atoms with Crippen LogP contribution >= 0.6 is 12.4 Å². The Morgan fingerprint density at radius 3 is 2.90 bits per heavy atom. The number of nitrogens with zero attached hydrogens (tertiary/aromatic N) is 1. The van der Waals surface area contributed by atoms with E-state index in [1.807, 2.05) is 0 Å². The van der Waals surface area contributed by atoms with Crippen LogP contribution in [0.4, 0.5) is 5.69 Å². The number of benzene rings is 1. The fraction of sp³-hybridized carbons (Fsp3) is 0.500. The number of amides is 1. The lowest BCUT2D eigenvalue weighted by molar-refractivity contribution is -0.385. The van der Waals surface area contributed by atoms with Gasteiger partial charge in [-0.1, -0.05) is 12.1 Å². The van der Waals surface area contributed by atoms with E-state index < -0.39 is 4.92 Å². The van der Waals surface area contributed by atoms with Crippen LogP contribution in [0.2, 0.25) is 0 Å². The molecule has 1 aromatic rings. The minimum atomic E-state index is -0.494. The van der Waals surface area contributed by atoms with Crippen molar-refractivity contribution in [2.45, 2.75) is 19.8 Å². The fourth-order valence-electron chi connectivity index (χ4n) is 2.52. The molecule has 6 nitrogen and oxygen atoms in total. The van der Waals surface area contributed by atoms with E-state index in [2.05, 4.69) is 10.6 Å². The van der Waals surface area contributed by atoms with Crippen LogP contribution in [0, 0.1) is 23.0 Å². The van der Waals surface area contributed by atoms with E-state index in [1.54, 1.807) is 19.1 Å². The zero-order valence-electron chi connectivity index (χ0n) is 11.9. The molecule has 1 fully saturated rings. The number of aryl methyl sites for hydroxylation is 1. The first-order chi connectivity index (χ1) is 9.59. The molecule has 0 saturated carbocycles. The molecular formula is C14H20ClN3O3. The zero-order chi connectivity index (χ0) is 14.5. The second kappa shape index (κ2) is 7.95. The molecule has 21 heavy (non-hydrogen) atoms. The van der Waals surface area contributed by atoms with Crippen molar-refractivity contribution >= 4 is 24.0 Å². The summed E-state index contributed by atoms with van der Waals surface area (Å²) in [6.45, 7) is 4.10. The van der Waals surface area contributed by atoms with Gasteiger partial charge < -0.3 is 10.6 Å². The number of nitrogens with one attached hydrogen (secondary N) is 2. The van der Waals surface area contributed by atoms with Crippen molar-refractivity contribution in [1.82, 2.24) is 10.6 Å². The third-order valence-corrected chi connectivity index (χ3v) is 3.62. The van der Waals surface area contributed by atoms with Crippen LogP contribution in [-0.4, -0.2) is 30.5 Å². The van der Waals surface area contributed by atoms with Gasteiger partial charge in [-0.15, -0.1) is 12.4 Å². The van der Waals surface area contributed by atoms with E-state index >= 15 is 0 Å². The van der Waals surface area contributed by atoms with Gasteiger partial charge in [0.15, 0.2) is 0 Å². The van der Waals surface area contributed by atoms with E-state index in [0.29, 0.717) is 18.0 Å². The number of rotatable bonds is 4. The van der Waals surface area contributed by atoms with Gasteiger partial charge in [-0.05, 0) is 44.8 Å². The standard InChI is InChI=1S/C14H19N3O3.ClH/c1-10-4-2-6-12(13(10)17(19)20)14(18)16-9-11-5-3-7-15-8-11;/h2,4,6,11,15H,3,5,7-9H2,1H3,(H,16,18);1H. The SMILES string of the molecule is Cc1cccc(C(=O)NCC2CCCNC2)c1[N+](=O)[O-].Cl. The van der Waals surface area contributed by atoms with Crippen molar-refractivity contribution in [3.63, 3.8) is 0 Å². The van der Waals surface area contributed by atoms with Crippen molar-refractivity contribution in [1.29, 1.82) is 0 Å². The second-order valence-corrected chi connectivity index (χ2v) is 5.15. The first-order valence-electron chi connectivity index (χ1n) is 6.82. The number of nitro groups is 1. The normalized spacial score (nSPS) is 17.7. The highest BCUT2D eigenvalue weighted by Gasteiger charge is 2.23. The summed E-state index contributed by atoms with van der Waals surface area (Å²) < 4.78 is 0. The summed E-state index contributed by atoms with van der Waals surface area (Å²) in [5.41, 5.74) is 0.535. The first-order valence-corrected chi connectivity index (χ1v) is 6.82. The molecule has 1 aliphatic heterocycles. The Kier molecular flexibility index (Phi) is 6.58. The van der Waals surface area contributed by atoms with Gasteiger partial charge in [0.1, 0.15) is 5.56 Å². The van der Waals surface area contributed by atoms with Crippen LogP contribution in [0.1, 0.15) is 28.8 Å². The van der Waals surface area contributed by atoms with Crippen molar-refractivity contribution in [2.24, 2.45) is 5.92 Å². The maximum atomic E-state index is 12.1. The van der Waals surface area contributed by atoms with Crippen LogP contribution in [0.15, 0.2) is 18.2 Å². The molecule has 0 bridgehead atoms. The molecule has 1 aromatic carbocycles. The van der Waals surface area contributed by atoms with E-state index in [1.165, 1.54) is 6.07 Å². The number of hydrogen-bond acceptors (Lipinski definition) is 4. The minimum absolute atomic E-state index is 0. The molecule has 7 heteroatoms. The monoisotopic (exact) mass is 313 g/mol. The molecule has 2 rings (SSSR count). The smallest absolute Gasteiger partial charge is 0.285 e. The highest BCUT2D eigenvalue weighted by Crippen LogP contribution is 2.23. The number of carbonyl (C=O) groups excluding carboxylic acids is 1. The van der Waals surface area contributed by atoms with Gasteiger partial charge in [0.2, 0.25) is 0 Å². The Bertz CT molecular complexity index is 516. The van der Waals surface area contributed by atoms with Gasteiger partial charge in [0.05, 0.1) is 4.92 Å². The maximum absolute atomic E-state index is 12.1. The summed E-state index contributed by atoms with van der Waals surface area (Å²) in [5, 5.41) is 17.2. The maximum Gasteiger partial charge on any atom is 0.285 e. The largest absolute Gasteiger partial charge is 0.351 e. The Morgan fingerprint density at radius 2 is 2.29 bits per heavy atom. The summed E-state index contributed by atoms with van der Waals surface area (Å²) >= 11 is 0. The molecule has 1 heterocycles. The third-order valence-electron chi connectivity index (χ3n) is 3.62. The van der Waals surface area contributed by atoms with Crippen LogP contribution in [-0.2, 0) is 0 Å². The number of carbonyl (C=O) groups is 1. The van der Waals surface area contributed by atoms with Crippen molar-refractivity contribution in [2.75, 3.05) is 19.6 Å². The van der Waals surface area contributed by atoms with Crippen molar-refractivity contribution in [3.8, 4) is 0 Å². The molecule has 1 saturated heterocycles. The Hall–Kier alpha value is -1.66. The van der Waals surface area contributed by atoms with E-state index in [0.717, 1.165) is 25.9 Å². The van der Waals surface area contributed by atoms with Crippen LogP contribution in [0.25, 0.3) is 0 Å². The minimum Gasteiger partial charge on any atom is -0.351 e. The molecule has 1 amide bonds. The van der Waals surface area contributed by atoms with Crippen LogP contribution < -0.4 is 10.6 Å². The molecule has 1 unspecified atom stereocenters. The zero-order valence-corrected chi connectivity index (χ0v) is 12.7. The van der Waals surface area contributed by atoms with Gasteiger partial charge in [0.25, 0.3) is 11.6 Å². The average Bonchev–Trinajstić information content (AvgIpc) is 2.45. The number of hydrogen-bond donors (Lipinski definition) is 2. The Balaban J connectivity index is 0.00000220. The van der Waals surface area contributed by atoms with Crippen LogP contribution in [0.5, 0.6) is 0 Å². The molecule has 1 atom stereocenters. The summed E-state index contributed by atoms with van der Waals surface area (Å²) in [4.78, 5) is 22.7. The van der Waals surface area contributed by atoms with Gasteiger partial charge >= 0.3 is 0 Å². The lowest BCUT2D eigenvalue weighted by Gasteiger charge is -2.22. The lowest BCUT2D eigenvalue weighted by atomic mass is 9.99. The Labute approximate surface area is 129 Å². The molecule has 0 radical (unpaired) electrons. The highest BCUT2D eigenvalue weighted by atomic mass is 35.5. The van der Waals surface area contributed by atoms with E-state index in [9.17, 15) is 14.9 Å². The van der Waals surface area contributed by atoms with Gasteiger partial charge in [-0.3, -0.25) is 14.9 Å². The Morgan fingerprint density at radius 1 is 1.52 bits per heavy atom. The second-order valence-electron chi connectivity index (χ2n) is 5.15. The van der Waals surface area contributed by atoms with Crippen LogP contribution in [0.3, 0.4) is 0 Å². The van der Waals surface area contributed by atoms with Gasteiger partial charge in [0, 0.05) is 12.1 Å². The molecule has 1 aliphatic rings. The number of halogens is 1. The highest BCUT2D eigenvalue weighted by molar-refractivity contribution is 5.98. The predicted molar refractivity (Wildman–Crippen MR) is 83.0 cm³/mol. The lowest BCUT2D eigenvalue weighted by Crippen LogP contribution is -2.38. The molecular weight excluding hydrogens is 294 g/mol. The molecule has 0 spiro atoms. The van der Waals surface area contributed by atoms with Crippen molar-refractivity contribution in [3.05, 3.63) is 39.4 Å². The third kappa shape index (κ3) is 4.41. The number of piperidine rings is 1. The predicted octanol–water partition coefficient (Wildman–Crippen LogP) is 2.05. The van der Waals surface area contributed by atoms with E-state index in [4.69, 9.17) is 0 Å². The number of para-hydroxylation sites is 1. The molecule has 0 aliphatic carbocycles. The molecule has 116 valence electrons. The average molecular weight is 314 g/mol. The van der Waals surface area contributed by atoms with Gasteiger partial charge in [-0.25, -0.2) is 0 Å². The topological polar surface area (TPSA) is 84.3 Å². The van der Waals surface area contributed by atoms with Gasteiger partial charge in [-0.2, -0.15) is 0 Å². The summed E-state index contributed by atoms with van der Waals surface area (Å²) in [6, 6.07) is 4.80. The van der Waals surface area contributed by atoms with Crippen molar-refractivity contribution < 1.29 is 9.72 Å². The first kappa shape index (κ1) is 17.4. The fourth-order valence-corrected chi connectivity index (χ4v) is 2.52. The molecule has 2 N–H and O–H groups in total. The summed E-state index contributed by atoms with van der Waals surface area (Å²) in [6.07, 6.45) is 2.17. The summed E-state index contributed by atoms with van der Waals surface area (Å²) in [5.74, 6) is 0.0301.